The van der Waals surface area contributed by atoms with Crippen LogP contribution in [0.2, 0.25) is 0 Å². The number of benzene rings is 2. The average molecular weight is 381 g/mol. The van der Waals surface area contributed by atoms with Crippen LogP contribution in [0.1, 0.15) is 5.56 Å². The molecule has 0 saturated heterocycles. The number of nitrogens with zero attached hydrogens (tertiary/aromatic N) is 4. The number of allylic oxidation sites excluding steroid dienone is 1. The Hall–Kier alpha value is -3.59. The lowest BCUT2D eigenvalue weighted by molar-refractivity contribution is -0.385. The number of H-pyrrole nitrogens is 1. The van der Waals surface area contributed by atoms with Crippen LogP contribution in [0.25, 0.3) is 17.5 Å². The van der Waals surface area contributed by atoms with Gasteiger partial charge in [-0.2, -0.15) is 14.9 Å². The summed E-state index contributed by atoms with van der Waals surface area (Å²) < 4.78 is 7.12. The topological polar surface area (TPSA) is 98.3 Å². The fourth-order valence-corrected chi connectivity index (χ4v) is 2.63. The van der Waals surface area contributed by atoms with Crippen molar-refractivity contribution in [1.82, 2.24) is 14.9 Å². The minimum Gasteiger partial charge on any atom is -0.496 e. The summed E-state index contributed by atoms with van der Waals surface area (Å²) in [5, 5.41) is 22.2. The van der Waals surface area contributed by atoms with Gasteiger partial charge in [0.15, 0.2) is 5.82 Å². The van der Waals surface area contributed by atoms with Crippen LogP contribution < -0.4 is 4.74 Å². The zero-order valence-electron chi connectivity index (χ0n) is 14.3. The van der Waals surface area contributed by atoms with Gasteiger partial charge in [0, 0.05) is 12.3 Å². The smallest absolute Gasteiger partial charge is 0.276 e. The number of rotatable bonds is 6. The minimum atomic E-state index is -0.428. The van der Waals surface area contributed by atoms with Gasteiger partial charge in [-0.3, -0.25) is 10.1 Å². The number of aromatic nitrogens is 3. The van der Waals surface area contributed by atoms with Crippen molar-refractivity contribution in [2.75, 3.05) is 7.11 Å². The summed E-state index contributed by atoms with van der Waals surface area (Å²) in [5.41, 5.74) is 1.23. The first-order valence-electron chi connectivity index (χ1n) is 7.87. The standard InChI is InChI=1S/C18H15N5O3S/c1-26-16-11-5-3-9-14(16)17-20-21-18(27)22(17)19-12-6-8-13-7-2-4-10-15(13)23(24)25/h2-12H,1H3,(H,21,27)/b8-6+,19-12-. The van der Waals surface area contributed by atoms with Crippen molar-refractivity contribution in [2.45, 2.75) is 0 Å². The van der Waals surface area contributed by atoms with Crippen molar-refractivity contribution >= 4 is 30.2 Å². The van der Waals surface area contributed by atoms with Crippen LogP contribution in [0.3, 0.4) is 0 Å². The van der Waals surface area contributed by atoms with Crippen LogP contribution in [-0.2, 0) is 0 Å². The second-order valence-electron chi connectivity index (χ2n) is 5.30. The Labute approximate surface area is 159 Å². The van der Waals surface area contributed by atoms with E-state index in [9.17, 15) is 10.1 Å². The van der Waals surface area contributed by atoms with Crippen LogP contribution in [0, 0.1) is 14.9 Å². The van der Waals surface area contributed by atoms with Crippen molar-refractivity contribution in [1.29, 1.82) is 0 Å². The van der Waals surface area contributed by atoms with Crippen molar-refractivity contribution < 1.29 is 9.66 Å². The third kappa shape index (κ3) is 3.98. The van der Waals surface area contributed by atoms with Crippen molar-refractivity contribution in [3.8, 4) is 17.1 Å². The van der Waals surface area contributed by atoms with E-state index in [1.165, 1.54) is 17.0 Å². The maximum Gasteiger partial charge on any atom is 0.276 e. The molecule has 3 aromatic rings. The highest BCUT2D eigenvalue weighted by atomic mass is 32.1. The fraction of sp³-hybridized carbons (Fsp3) is 0.0556. The molecule has 27 heavy (non-hydrogen) atoms. The number of nitro benzene ring substituents is 1. The Morgan fingerprint density at radius 2 is 2.00 bits per heavy atom. The lowest BCUT2D eigenvalue weighted by Crippen LogP contribution is -1.96. The summed E-state index contributed by atoms with van der Waals surface area (Å²) >= 11 is 5.23. The quantitative estimate of drug-likeness (QED) is 0.300. The Balaban J connectivity index is 1.90. The van der Waals surface area contributed by atoms with Gasteiger partial charge in [-0.1, -0.05) is 24.3 Å². The Morgan fingerprint density at radius 3 is 2.78 bits per heavy atom. The minimum absolute atomic E-state index is 0.0248. The molecule has 136 valence electrons. The van der Waals surface area contributed by atoms with Crippen LogP contribution in [0.5, 0.6) is 5.75 Å². The molecule has 0 amide bonds. The molecule has 1 N–H and O–H groups in total. The maximum absolute atomic E-state index is 11.0. The monoisotopic (exact) mass is 381 g/mol. The SMILES string of the molecule is COc1ccccc1-c1n[nH]c(=S)n1/N=C\C=C\c1ccccc1[N+](=O)[O-]. The lowest BCUT2D eigenvalue weighted by atomic mass is 10.1. The van der Waals surface area contributed by atoms with Gasteiger partial charge in [0.2, 0.25) is 4.77 Å². The van der Waals surface area contributed by atoms with Gasteiger partial charge in [-0.25, -0.2) is 5.10 Å². The molecule has 0 unspecified atom stereocenters. The van der Waals surface area contributed by atoms with E-state index in [-0.39, 0.29) is 5.69 Å². The molecule has 0 atom stereocenters. The molecular formula is C18H15N5O3S. The van der Waals surface area contributed by atoms with E-state index in [1.807, 2.05) is 24.3 Å². The summed E-state index contributed by atoms with van der Waals surface area (Å²) in [4.78, 5) is 10.6. The molecule has 0 aliphatic rings. The zero-order valence-corrected chi connectivity index (χ0v) is 15.1. The predicted molar refractivity (Wildman–Crippen MR) is 105 cm³/mol. The summed E-state index contributed by atoms with van der Waals surface area (Å²) in [7, 11) is 1.57. The van der Waals surface area contributed by atoms with Gasteiger partial charge < -0.3 is 4.74 Å². The normalized spacial score (nSPS) is 11.3. The molecule has 1 aromatic heterocycles. The molecule has 3 rings (SSSR count). The van der Waals surface area contributed by atoms with Crippen LogP contribution in [-0.4, -0.2) is 33.1 Å². The largest absolute Gasteiger partial charge is 0.496 e. The number of ether oxygens (including phenoxy) is 1. The molecule has 2 aromatic carbocycles. The van der Waals surface area contributed by atoms with E-state index in [4.69, 9.17) is 17.0 Å². The number of hydrogen-bond donors (Lipinski definition) is 1. The highest BCUT2D eigenvalue weighted by Gasteiger charge is 2.12. The summed E-state index contributed by atoms with van der Waals surface area (Å²) in [6.45, 7) is 0. The molecule has 0 aliphatic heterocycles. The third-order valence-electron chi connectivity index (χ3n) is 3.68. The molecule has 0 saturated carbocycles. The number of nitro groups is 1. The van der Waals surface area contributed by atoms with Gasteiger partial charge in [0.1, 0.15) is 5.75 Å². The van der Waals surface area contributed by atoms with Crippen LogP contribution >= 0.6 is 12.2 Å². The zero-order chi connectivity index (χ0) is 19.2. The molecule has 8 nitrogen and oxygen atoms in total. The Bertz CT molecular complexity index is 1080. The summed E-state index contributed by atoms with van der Waals surface area (Å²) in [5.74, 6) is 1.13. The van der Waals surface area contributed by atoms with Crippen LogP contribution in [0.4, 0.5) is 5.69 Å². The second-order valence-corrected chi connectivity index (χ2v) is 5.69. The predicted octanol–water partition coefficient (Wildman–Crippen LogP) is 4.07. The first-order chi connectivity index (χ1) is 13.1. The number of nitrogens with one attached hydrogen (secondary N) is 1. The maximum atomic E-state index is 11.0. The van der Waals surface area contributed by atoms with Crippen molar-refractivity contribution in [3.05, 3.63) is 75.1 Å². The first kappa shape index (κ1) is 18.2. The number of methoxy groups -OCH3 is 1. The molecule has 0 radical (unpaired) electrons. The molecule has 1 heterocycles. The molecule has 0 fully saturated rings. The summed E-state index contributed by atoms with van der Waals surface area (Å²) in [6, 6.07) is 13.8. The van der Waals surface area contributed by atoms with Gasteiger partial charge in [0.05, 0.1) is 23.2 Å². The molecule has 0 spiro atoms. The number of hydrogen-bond acceptors (Lipinski definition) is 6. The van der Waals surface area contributed by atoms with E-state index in [1.54, 1.807) is 37.5 Å². The fourth-order valence-electron chi connectivity index (χ4n) is 2.45. The van der Waals surface area contributed by atoms with Crippen molar-refractivity contribution in [3.63, 3.8) is 0 Å². The van der Waals surface area contributed by atoms with E-state index in [0.717, 1.165) is 5.56 Å². The first-order valence-corrected chi connectivity index (χ1v) is 8.28. The second kappa shape index (κ2) is 8.19. The summed E-state index contributed by atoms with van der Waals surface area (Å²) in [6.07, 6.45) is 4.69. The molecule has 0 bridgehead atoms. The third-order valence-corrected chi connectivity index (χ3v) is 3.94. The number of para-hydroxylation sites is 2. The molecule has 9 heteroatoms. The van der Waals surface area contributed by atoms with Gasteiger partial charge in [-0.15, -0.1) is 0 Å². The number of aromatic amines is 1. The highest BCUT2D eigenvalue weighted by Crippen LogP contribution is 2.28. The van der Waals surface area contributed by atoms with E-state index < -0.39 is 4.92 Å². The van der Waals surface area contributed by atoms with Gasteiger partial charge >= 0.3 is 0 Å². The van der Waals surface area contributed by atoms with Gasteiger partial charge in [0.25, 0.3) is 5.69 Å². The molecular weight excluding hydrogens is 366 g/mol. The van der Waals surface area contributed by atoms with E-state index in [0.29, 0.717) is 21.9 Å². The Kier molecular flexibility index (Phi) is 5.53. The van der Waals surface area contributed by atoms with Gasteiger partial charge in [-0.05, 0) is 42.6 Å². The lowest BCUT2D eigenvalue weighted by Gasteiger charge is -2.06. The Morgan fingerprint density at radius 1 is 1.26 bits per heavy atom. The van der Waals surface area contributed by atoms with Crippen LogP contribution in [0.15, 0.2) is 59.7 Å². The van der Waals surface area contributed by atoms with E-state index in [2.05, 4.69) is 15.3 Å². The van der Waals surface area contributed by atoms with E-state index >= 15 is 0 Å². The molecule has 0 aliphatic carbocycles. The van der Waals surface area contributed by atoms with Crippen molar-refractivity contribution in [2.24, 2.45) is 5.10 Å². The average Bonchev–Trinajstić information content (AvgIpc) is 3.05. The highest BCUT2D eigenvalue weighted by molar-refractivity contribution is 7.71.